The van der Waals surface area contributed by atoms with Crippen LogP contribution in [0.4, 0.5) is 0 Å². The molecule has 0 aliphatic heterocycles. The third-order valence-corrected chi connectivity index (χ3v) is 4.08. The van der Waals surface area contributed by atoms with Crippen LogP contribution in [0.25, 0.3) is 10.9 Å². The molecule has 2 aromatic rings. The summed E-state index contributed by atoms with van der Waals surface area (Å²) in [5, 5.41) is 2.13. The molecule has 5 heteroatoms. The van der Waals surface area contributed by atoms with Crippen LogP contribution in [0.3, 0.4) is 0 Å². The van der Waals surface area contributed by atoms with Gasteiger partial charge >= 0.3 is 0 Å². The molecule has 0 unspecified atom stereocenters. The van der Waals surface area contributed by atoms with Crippen LogP contribution in [0, 0.1) is 0 Å². The molecule has 0 radical (unpaired) electrons. The van der Waals surface area contributed by atoms with E-state index in [-0.39, 0.29) is 0 Å². The van der Waals surface area contributed by atoms with E-state index in [0.29, 0.717) is 10.0 Å². The molecule has 1 aromatic heterocycles. The smallest absolute Gasteiger partial charge is 0.0885 e. The lowest BCUT2D eigenvalue weighted by Crippen LogP contribution is -1.83. The summed E-state index contributed by atoms with van der Waals surface area (Å²) in [6.45, 7) is 0. The minimum Gasteiger partial charge on any atom is -0.255 e. The van der Waals surface area contributed by atoms with Crippen LogP contribution in [-0.4, -0.2) is 4.98 Å². The highest BCUT2D eigenvalue weighted by molar-refractivity contribution is 9.11. The van der Waals surface area contributed by atoms with Crippen molar-refractivity contribution in [3.63, 3.8) is 0 Å². The van der Waals surface area contributed by atoms with Crippen LogP contribution < -0.4 is 0 Å². The zero-order chi connectivity index (χ0) is 10.3. The zero-order valence-corrected chi connectivity index (χ0v) is 11.4. The van der Waals surface area contributed by atoms with E-state index in [0.717, 1.165) is 19.8 Å². The molecule has 0 N–H and O–H groups in total. The van der Waals surface area contributed by atoms with Gasteiger partial charge in [0.05, 0.1) is 20.0 Å². The first-order chi connectivity index (χ1) is 6.61. The van der Waals surface area contributed by atoms with Crippen molar-refractivity contribution < 1.29 is 0 Å². The Morgan fingerprint density at radius 2 is 1.86 bits per heavy atom. The molecule has 0 aliphatic rings. The highest BCUT2D eigenvalue weighted by atomic mass is 79.9. The number of aromatic nitrogens is 1. The van der Waals surface area contributed by atoms with Crippen molar-refractivity contribution in [3.8, 4) is 0 Å². The number of halogens is 4. The van der Waals surface area contributed by atoms with Gasteiger partial charge in [0.15, 0.2) is 0 Å². The second-order valence-electron chi connectivity index (χ2n) is 2.67. The number of rotatable bonds is 0. The highest BCUT2D eigenvalue weighted by Gasteiger charge is 2.10. The second kappa shape index (κ2) is 3.97. The summed E-state index contributed by atoms with van der Waals surface area (Å²) in [7, 11) is 0. The first-order valence-electron chi connectivity index (χ1n) is 3.69. The van der Waals surface area contributed by atoms with E-state index in [2.05, 4.69) is 36.8 Å². The topological polar surface area (TPSA) is 12.9 Å². The molecule has 0 bridgehead atoms. The lowest BCUT2D eigenvalue weighted by Gasteiger charge is -2.05. The minimum absolute atomic E-state index is 0.610. The van der Waals surface area contributed by atoms with Gasteiger partial charge < -0.3 is 0 Å². The zero-order valence-electron chi connectivity index (χ0n) is 6.69. The van der Waals surface area contributed by atoms with E-state index in [9.17, 15) is 0 Å². The molecule has 0 amide bonds. The summed E-state index contributed by atoms with van der Waals surface area (Å²) >= 11 is 18.8. The van der Waals surface area contributed by atoms with E-state index in [1.165, 1.54) is 0 Å². The average Bonchev–Trinajstić information content (AvgIpc) is 2.14. The predicted molar refractivity (Wildman–Crippen MR) is 67.2 cm³/mol. The maximum atomic E-state index is 6.05. The van der Waals surface area contributed by atoms with Crippen molar-refractivity contribution in [1.29, 1.82) is 0 Å². The number of hydrogen-bond donors (Lipinski definition) is 0. The van der Waals surface area contributed by atoms with Crippen LogP contribution in [-0.2, 0) is 0 Å². The van der Waals surface area contributed by atoms with E-state index in [1.54, 1.807) is 18.3 Å². The standard InChI is InChI=1S/C9H3Br2Cl2N/c10-4-3-6(13)8(11)9-7(4)5(12)1-2-14-9/h1-3H. The first kappa shape index (κ1) is 10.7. The Hall–Kier alpha value is 0.170. The van der Waals surface area contributed by atoms with Gasteiger partial charge in [-0.25, -0.2) is 0 Å². The van der Waals surface area contributed by atoms with Gasteiger partial charge in [-0.2, -0.15) is 0 Å². The quantitative estimate of drug-likeness (QED) is 0.601. The number of nitrogens with zero attached hydrogens (tertiary/aromatic N) is 1. The Bertz CT molecular complexity index is 514. The van der Waals surface area contributed by atoms with Gasteiger partial charge in [-0.15, -0.1) is 0 Å². The van der Waals surface area contributed by atoms with Crippen molar-refractivity contribution in [3.05, 3.63) is 37.3 Å². The van der Waals surface area contributed by atoms with Crippen LogP contribution in [0.1, 0.15) is 0 Å². The second-order valence-corrected chi connectivity index (χ2v) is 5.13. The van der Waals surface area contributed by atoms with Gasteiger partial charge in [0.1, 0.15) is 0 Å². The summed E-state index contributed by atoms with van der Waals surface area (Å²) in [4.78, 5) is 4.22. The normalized spacial score (nSPS) is 10.9. The van der Waals surface area contributed by atoms with E-state index in [1.807, 2.05) is 0 Å². The number of benzene rings is 1. The molecule has 2 rings (SSSR count). The maximum absolute atomic E-state index is 6.05. The van der Waals surface area contributed by atoms with E-state index >= 15 is 0 Å². The van der Waals surface area contributed by atoms with Crippen LogP contribution in [0.5, 0.6) is 0 Å². The van der Waals surface area contributed by atoms with Gasteiger partial charge in [-0.1, -0.05) is 23.2 Å². The third kappa shape index (κ3) is 1.67. The predicted octanol–water partition coefficient (Wildman–Crippen LogP) is 5.07. The Labute approximate surface area is 108 Å². The average molecular weight is 356 g/mol. The molecule has 0 spiro atoms. The van der Waals surface area contributed by atoms with Gasteiger partial charge in [0, 0.05) is 16.1 Å². The highest BCUT2D eigenvalue weighted by Crippen LogP contribution is 2.38. The summed E-state index contributed by atoms with van der Waals surface area (Å²) in [5.41, 5.74) is 0.761. The Morgan fingerprint density at radius 3 is 2.57 bits per heavy atom. The van der Waals surface area contributed by atoms with E-state index < -0.39 is 0 Å². The Balaban J connectivity index is 3.02. The Kier molecular flexibility index (Phi) is 3.03. The van der Waals surface area contributed by atoms with Crippen molar-refractivity contribution in [2.75, 3.05) is 0 Å². The lowest BCUT2D eigenvalue weighted by molar-refractivity contribution is 1.40. The molecule has 14 heavy (non-hydrogen) atoms. The third-order valence-electron chi connectivity index (χ3n) is 1.81. The molecular weight excluding hydrogens is 353 g/mol. The van der Waals surface area contributed by atoms with Crippen molar-refractivity contribution in [1.82, 2.24) is 4.98 Å². The lowest BCUT2D eigenvalue weighted by atomic mass is 10.2. The molecule has 0 atom stereocenters. The van der Waals surface area contributed by atoms with Gasteiger partial charge in [0.25, 0.3) is 0 Å². The summed E-state index contributed by atoms with van der Waals surface area (Å²) < 4.78 is 1.61. The van der Waals surface area contributed by atoms with Crippen molar-refractivity contribution in [2.24, 2.45) is 0 Å². The molecule has 72 valence electrons. The van der Waals surface area contributed by atoms with Crippen LogP contribution >= 0.6 is 55.1 Å². The summed E-state index contributed by atoms with van der Waals surface area (Å²) in [6.07, 6.45) is 1.65. The summed E-state index contributed by atoms with van der Waals surface area (Å²) in [6, 6.07) is 3.54. The first-order valence-corrected chi connectivity index (χ1v) is 6.03. The fourth-order valence-corrected chi connectivity index (χ4v) is 2.93. The van der Waals surface area contributed by atoms with Crippen LogP contribution in [0.15, 0.2) is 27.3 Å². The van der Waals surface area contributed by atoms with Crippen molar-refractivity contribution in [2.45, 2.75) is 0 Å². The molecular formula is C9H3Br2Cl2N. The fourth-order valence-electron chi connectivity index (χ4n) is 1.19. The molecule has 0 saturated heterocycles. The van der Waals surface area contributed by atoms with Gasteiger partial charge in [0.2, 0.25) is 0 Å². The fraction of sp³-hybridized carbons (Fsp3) is 0. The van der Waals surface area contributed by atoms with Crippen molar-refractivity contribution >= 4 is 66.0 Å². The monoisotopic (exact) mass is 353 g/mol. The number of hydrogen-bond acceptors (Lipinski definition) is 1. The molecule has 0 saturated carbocycles. The number of pyridine rings is 1. The molecule has 0 aliphatic carbocycles. The summed E-state index contributed by atoms with van der Waals surface area (Å²) in [5.74, 6) is 0. The molecule has 1 heterocycles. The van der Waals surface area contributed by atoms with E-state index in [4.69, 9.17) is 23.2 Å². The van der Waals surface area contributed by atoms with Crippen LogP contribution in [0.2, 0.25) is 10.0 Å². The largest absolute Gasteiger partial charge is 0.255 e. The molecule has 0 fully saturated rings. The molecule has 1 nitrogen and oxygen atoms in total. The SMILES string of the molecule is Clc1cc(Br)c2c(Cl)ccnc2c1Br. The molecule has 1 aromatic carbocycles. The number of fused-ring (bicyclic) bond motifs is 1. The maximum Gasteiger partial charge on any atom is 0.0885 e. The Morgan fingerprint density at radius 1 is 1.14 bits per heavy atom. The van der Waals surface area contributed by atoms with Gasteiger partial charge in [-0.3, -0.25) is 4.98 Å². The minimum atomic E-state index is 0.610. The van der Waals surface area contributed by atoms with Gasteiger partial charge in [-0.05, 0) is 44.0 Å².